The number of nitrogens with zero attached hydrogens (tertiary/aromatic N) is 2. The van der Waals surface area contributed by atoms with Gasteiger partial charge in [0.1, 0.15) is 5.69 Å². The van der Waals surface area contributed by atoms with Crippen LogP contribution in [0.3, 0.4) is 0 Å². The minimum atomic E-state index is 0.502. The fourth-order valence-corrected chi connectivity index (χ4v) is 4.24. The molecule has 0 saturated heterocycles. The molecule has 4 rings (SSSR count). The van der Waals surface area contributed by atoms with Crippen molar-refractivity contribution < 1.29 is 4.57 Å². The van der Waals surface area contributed by atoms with Crippen LogP contribution in [0.15, 0.2) is 60.7 Å². The molecule has 0 atom stereocenters. The molecule has 0 bridgehead atoms. The Bertz CT molecular complexity index is 1160. The number of rotatable bonds is 3. The van der Waals surface area contributed by atoms with Crippen LogP contribution in [0.4, 0.5) is 0 Å². The molecular weight excluding hydrogens is 340 g/mol. The number of hydrogen-bond acceptors (Lipinski definition) is 0. The predicted octanol–water partition coefficient (Wildman–Crippen LogP) is 6.17. The van der Waals surface area contributed by atoms with Gasteiger partial charge in [0.2, 0.25) is 0 Å². The normalized spacial score (nSPS) is 11.5. The molecule has 0 fully saturated rings. The van der Waals surface area contributed by atoms with Crippen LogP contribution in [0.5, 0.6) is 0 Å². The van der Waals surface area contributed by atoms with Crippen molar-refractivity contribution >= 4 is 11.0 Å². The van der Waals surface area contributed by atoms with E-state index in [1.54, 1.807) is 0 Å². The molecule has 142 valence electrons. The average Bonchev–Trinajstić information content (AvgIpc) is 2.95. The molecule has 0 spiro atoms. The monoisotopic (exact) mass is 369 g/mol. The summed E-state index contributed by atoms with van der Waals surface area (Å²) in [5.41, 5.74) is 10.3. The Balaban J connectivity index is 2.17. The van der Waals surface area contributed by atoms with Crippen molar-refractivity contribution in [2.24, 2.45) is 7.05 Å². The van der Waals surface area contributed by atoms with Crippen LogP contribution >= 0.6 is 0 Å². The zero-order valence-electron chi connectivity index (χ0n) is 17.7. The van der Waals surface area contributed by atoms with E-state index in [1.807, 2.05) is 0 Å². The maximum atomic E-state index is 2.45. The first-order valence-electron chi connectivity index (χ1n) is 10.1. The molecule has 4 aromatic rings. The van der Waals surface area contributed by atoms with E-state index in [2.05, 4.69) is 111 Å². The van der Waals surface area contributed by atoms with Gasteiger partial charge in [-0.1, -0.05) is 56.3 Å². The van der Waals surface area contributed by atoms with E-state index in [4.69, 9.17) is 0 Å². The van der Waals surface area contributed by atoms with Crippen LogP contribution in [0.25, 0.3) is 28.1 Å². The molecule has 3 aromatic carbocycles. The van der Waals surface area contributed by atoms with Gasteiger partial charge in [-0.05, 0) is 67.1 Å². The van der Waals surface area contributed by atoms with Gasteiger partial charge in [0.15, 0.2) is 11.0 Å². The molecule has 0 aliphatic heterocycles. The quantitative estimate of drug-likeness (QED) is 0.382. The van der Waals surface area contributed by atoms with Crippen molar-refractivity contribution in [2.45, 2.75) is 40.5 Å². The highest BCUT2D eigenvalue weighted by Crippen LogP contribution is 2.33. The van der Waals surface area contributed by atoms with Gasteiger partial charge in [0, 0.05) is 0 Å². The molecule has 0 N–H and O–H groups in total. The second-order valence-electron chi connectivity index (χ2n) is 8.18. The molecule has 0 amide bonds. The molecular formula is C26H29N2+. The lowest BCUT2D eigenvalue weighted by Gasteiger charge is -2.13. The van der Waals surface area contributed by atoms with E-state index in [1.165, 1.54) is 50.4 Å². The number of benzene rings is 3. The number of aryl methyl sites for hydroxylation is 4. The van der Waals surface area contributed by atoms with Gasteiger partial charge >= 0.3 is 0 Å². The Labute approximate surface area is 168 Å². The van der Waals surface area contributed by atoms with E-state index in [0.29, 0.717) is 5.92 Å². The van der Waals surface area contributed by atoms with Gasteiger partial charge < -0.3 is 0 Å². The lowest BCUT2D eigenvalue weighted by Crippen LogP contribution is -2.30. The summed E-state index contributed by atoms with van der Waals surface area (Å²) in [7, 11) is 2.18. The summed E-state index contributed by atoms with van der Waals surface area (Å²) < 4.78 is 4.79. The molecule has 0 aliphatic carbocycles. The van der Waals surface area contributed by atoms with E-state index < -0.39 is 0 Å². The van der Waals surface area contributed by atoms with Gasteiger partial charge in [0.25, 0.3) is 5.82 Å². The van der Waals surface area contributed by atoms with Gasteiger partial charge in [-0.3, -0.25) is 0 Å². The second kappa shape index (κ2) is 6.94. The van der Waals surface area contributed by atoms with Gasteiger partial charge in [-0.2, -0.15) is 4.57 Å². The lowest BCUT2D eigenvalue weighted by atomic mass is 9.97. The predicted molar refractivity (Wildman–Crippen MR) is 118 cm³/mol. The number of para-hydroxylation sites is 3. The van der Waals surface area contributed by atoms with Gasteiger partial charge in [0.05, 0.1) is 12.6 Å². The first-order chi connectivity index (χ1) is 13.4. The fourth-order valence-electron chi connectivity index (χ4n) is 4.24. The Morgan fingerprint density at radius 2 is 1.46 bits per heavy atom. The van der Waals surface area contributed by atoms with Crippen LogP contribution in [0.2, 0.25) is 0 Å². The topological polar surface area (TPSA) is 8.81 Å². The van der Waals surface area contributed by atoms with Gasteiger partial charge in [-0.25, -0.2) is 4.57 Å². The second-order valence-corrected chi connectivity index (χ2v) is 8.18. The molecule has 1 aromatic heterocycles. The minimum absolute atomic E-state index is 0.502. The third kappa shape index (κ3) is 2.84. The summed E-state index contributed by atoms with van der Waals surface area (Å²) in [6.07, 6.45) is 0. The van der Waals surface area contributed by atoms with E-state index in [9.17, 15) is 0 Å². The first-order valence-corrected chi connectivity index (χ1v) is 10.1. The van der Waals surface area contributed by atoms with Crippen molar-refractivity contribution in [3.63, 3.8) is 0 Å². The van der Waals surface area contributed by atoms with Crippen LogP contribution in [-0.2, 0) is 7.05 Å². The van der Waals surface area contributed by atoms with Crippen LogP contribution in [-0.4, -0.2) is 4.57 Å². The SMILES string of the molecule is Cc1ccc(C(C)C)cc1-c1n(-c2c(C)cccc2C)c2ccccc2[n+]1C. The summed E-state index contributed by atoms with van der Waals surface area (Å²) in [5, 5.41) is 0. The average molecular weight is 370 g/mol. The Kier molecular flexibility index (Phi) is 4.58. The summed E-state index contributed by atoms with van der Waals surface area (Å²) in [6.45, 7) is 11.1. The maximum Gasteiger partial charge on any atom is 0.295 e. The number of hydrogen-bond donors (Lipinski definition) is 0. The van der Waals surface area contributed by atoms with Crippen LogP contribution in [0.1, 0.15) is 42.0 Å². The molecule has 0 aliphatic rings. The molecule has 0 saturated carbocycles. The molecule has 0 radical (unpaired) electrons. The van der Waals surface area contributed by atoms with Crippen molar-refractivity contribution in [3.05, 3.63) is 82.9 Å². The van der Waals surface area contributed by atoms with Crippen molar-refractivity contribution in [3.8, 4) is 17.1 Å². The molecule has 2 heteroatoms. The Hall–Kier alpha value is -2.87. The number of fused-ring (bicyclic) bond motifs is 1. The van der Waals surface area contributed by atoms with E-state index in [-0.39, 0.29) is 0 Å². The lowest BCUT2D eigenvalue weighted by molar-refractivity contribution is -0.633. The summed E-state index contributed by atoms with van der Waals surface area (Å²) in [4.78, 5) is 0. The third-order valence-electron chi connectivity index (χ3n) is 5.85. The van der Waals surface area contributed by atoms with Crippen molar-refractivity contribution in [2.75, 3.05) is 0 Å². The standard InChI is InChI=1S/C26H29N2/c1-17(2)21-15-14-18(3)22(16-21)26-27(6)23-12-7-8-13-24(23)28(26)25-19(4)10-9-11-20(25)5/h7-17H,1-6H3/q+1. The van der Waals surface area contributed by atoms with Crippen molar-refractivity contribution in [1.82, 2.24) is 4.57 Å². The largest absolute Gasteiger partial charge is 0.295 e. The van der Waals surface area contributed by atoms with Crippen molar-refractivity contribution in [1.29, 1.82) is 0 Å². The van der Waals surface area contributed by atoms with E-state index >= 15 is 0 Å². The molecule has 28 heavy (non-hydrogen) atoms. The third-order valence-corrected chi connectivity index (χ3v) is 5.85. The van der Waals surface area contributed by atoms with E-state index in [0.717, 1.165) is 0 Å². The molecule has 1 heterocycles. The summed E-state index contributed by atoms with van der Waals surface area (Å²) in [5.74, 6) is 1.74. The molecule has 2 nitrogen and oxygen atoms in total. The highest BCUT2D eigenvalue weighted by atomic mass is 15.2. The molecule has 0 unspecified atom stereocenters. The Morgan fingerprint density at radius 3 is 2.14 bits per heavy atom. The fraction of sp³-hybridized carbons (Fsp3) is 0.269. The minimum Gasteiger partial charge on any atom is -0.225 e. The smallest absolute Gasteiger partial charge is 0.225 e. The highest BCUT2D eigenvalue weighted by Gasteiger charge is 2.28. The zero-order chi connectivity index (χ0) is 20.0. The number of aromatic nitrogens is 2. The zero-order valence-corrected chi connectivity index (χ0v) is 17.7. The Morgan fingerprint density at radius 1 is 0.786 bits per heavy atom. The van der Waals surface area contributed by atoms with Gasteiger partial charge in [-0.15, -0.1) is 0 Å². The van der Waals surface area contributed by atoms with Crippen LogP contribution in [0, 0.1) is 20.8 Å². The summed E-state index contributed by atoms with van der Waals surface area (Å²) in [6, 6.07) is 22.1. The highest BCUT2D eigenvalue weighted by molar-refractivity contribution is 5.80. The summed E-state index contributed by atoms with van der Waals surface area (Å²) >= 11 is 0. The number of imidazole rings is 1. The van der Waals surface area contributed by atoms with Crippen LogP contribution < -0.4 is 4.57 Å². The first kappa shape index (κ1) is 18.5. The maximum absolute atomic E-state index is 2.45.